The molecule has 0 amide bonds. The molecule has 28 heavy (non-hydrogen) atoms. The molecule has 2 aromatic carbocycles. The molecule has 0 aliphatic carbocycles. The number of hydrogen-bond donors (Lipinski definition) is 1. The van der Waals surface area contributed by atoms with Crippen LogP contribution in [0.4, 0.5) is 4.39 Å². The van der Waals surface area contributed by atoms with Gasteiger partial charge in [0.15, 0.2) is 0 Å². The number of aryl methyl sites for hydroxylation is 1. The topological polar surface area (TPSA) is 29.5 Å². The fourth-order valence-corrected chi connectivity index (χ4v) is 4.77. The summed E-state index contributed by atoms with van der Waals surface area (Å²) in [4.78, 5) is 2.44. The minimum Gasteiger partial charge on any atom is -0.390 e. The Morgan fingerprint density at radius 2 is 1.86 bits per heavy atom. The first-order valence-electron chi connectivity index (χ1n) is 9.77. The lowest BCUT2D eigenvalue weighted by Crippen LogP contribution is -2.33. The predicted molar refractivity (Wildman–Crippen MR) is 112 cm³/mol. The van der Waals surface area contributed by atoms with Gasteiger partial charge in [-0.15, -0.1) is 11.3 Å². The summed E-state index contributed by atoms with van der Waals surface area (Å²) < 4.78 is 19.2. The summed E-state index contributed by atoms with van der Waals surface area (Å²) in [6.45, 7) is 4.08. The van der Waals surface area contributed by atoms with E-state index in [9.17, 15) is 9.50 Å². The average molecular weight is 397 g/mol. The van der Waals surface area contributed by atoms with Gasteiger partial charge >= 0.3 is 0 Å². The second kappa shape index (κ2) is 8.16. The third-order valence-electron chi connectivity index (χ3n) is 5.55. The molecule has 0 saturated carbocycles. The normalized spacial score (nSPS) is 22.4. The number of thiophene rings is 1. The Hall–Kier alpha value is -2.01. The first-order valence-corrected chi connectivity index (χ1v) is 10.6. The van der Waals surface area contributed by atoms with Gasteiger partial charge in [0.25, 0.3) is 0 Å². The summed E-state index contributed by atoms with van der Waals surface area (Å²) in [7, 11) is 0. The van der Waals surface area contributed by atoms with Crippen molar-refractivity contribution in [3.05, 3.63) is 82.0 Å². The van der Waals surface area contributed by atoms with Gasteiger partial charge in [-0.3, -0.25) is 0 Å². The molecule has 1 aliphatic rings. The number of halogens is 1. The molecular weight excluding hydrogens is 371 g/mol. The number of ether oxygens (including phenoxy) is 1. The highest BCUT2D eigenvalue weighted by molar-refractivity contribution is 7.15. The second-order valence-electron chi connectivity index (χ2n) is 7.61. The van der Waals surface area contributed by atoms with E-state index in [0.717, 1.165) is 29.7 Å². The van der Waals surface area contributed by atoms with Gasteiger partial charge in [0.2, 0.25) is 0 Å². The summed E-state index contributed by atoms with van der Waals surface area (Å²) in [5.41, 5.74) is 4.80. The highest BCUT2D eigenvalue weighted by Crippen LogP contribution is 2.34. The molecule has 1 fully saturated rings. The van der Waals surface area contributed by atoms with Crippen LogP contribution in [0.3, 0.4) is 0 Å². The van der Waals surface area contributed by atoms with Gasteiger partial charge in [-0.2, -0.15) is 0 Å². The van der Waals surface area contributed by atoms with Crippen LogP contribution in [-0.2, 0) is 11.2 Å². The van der Waals surface area contributed by atoms with Gasteiger partial charge in [-0.1, -0.05) is 30.3 Å². The molecule has 2 nitrogen and oxygen atoms in total. The van der Waals surface area contributed by atoms with Crippen molar-refractivity contribution in [2.45, 2.75) is 51.4 Å². The lowest BCUT2D eigenvalue weighted by atomic mass is 9.93. The Bertz CT molecular complexity index is 947. The number of benzene rings is 2. The van der Waals surface area contributed by atoms with E-state index < -0.39 is 0 Å². The first kappa shape index (κ1) is 19.3. The van der Waals surface area contributed by atoms with Crippen LogP contribution in [0, 0.1) is 12.7 Å². The van der Waals surface area contributed by atoms with E-state index in [0.29, 0.717) is 0 Å². The van der Waals surface area contributed by atoms with Crippen molar-refractivity contribution in [2.24, 2.45) is 0 Å². The summed E-state index contributed by atoms with van der Waals surface area (Å²) in [5, 5.41) is 9.90. The summed E-state index contributed by atoms with van der Waals surface area (Å²) in [6.07, 6.45) is 2.06. The van der Waals surface area contributed by atoms with Crippen molar-refractivity contribution >= 4 is 11.3 Å². The van der Waals surface area contributed by atoms with Crippen molar-refractivity contribution in [2.75, 3.05) is 0 Å². The van der Waals surface area contributed by atoms with Crippen molar-refractivity contribution in [1.29, 1.82) is 0 Å². The minimum atomic E-state index is -0.364. The molecule has 1 saturated heterocycles. The molecule has 3 atom stereocenters. The highest BCUT2D eigenvalue weighted by Gasteiger charge is 2.27. The zero-order valence-electron chi connectivity index (χ0n) is 16.2. The van der Waals surface area contributed by atoms with Crippen molar-refractivity contribution in [1.82, 2.24) is 0 Å². The average Bonchev–Trinajstić information content (AvgIpc) is 3.15. The zero-order valence-corrected chi connectivity index (χ0v) is 17.0. The first-order chi connectivity index (χ1) is 13.5. The molecule has 2 heterocycles. The fourth-order valence-electron chi connectivity index (χ4n) is 3.73. The van der Waals surface area contributed by atoms with Crippen molar-refractivity contribution < 1.29 is 14.2 Å². The van der Waals surface area contributed by atoms with E-state index >= 15 is 0 Å². The van der Waals surface area contributed by atoms with Crippen LogP contribution < -0.4 is 0 Å². The fraction of sp³-hybridized carbons (Fsp3) is 0.333. The van der Waals surface area contributed by atoms with Crippen LogP contribution in [0.5, 0.6) is 0 Å². The lowest BCUT2D eigenvalue weighted by Gasteiger charge is -2.32. The third-order valence-corrected chi connectivity index (χ3v) is 6.68. The van der Waals surface area contributed by atoms with E-state index in [4.69, 9.17) is 4.74 Å². The van der Waals surface area contributed by atoms with E-state index in [1.807, 2.05) is 19.1 Å². The smallest absolute Gasteiger partial charge is 0.123 e. The zero-order chi connectivity index (χ0) is 19.7. The molecule has 4 rings (SSSR count). The molecule has 0 radical (unpaired) electrons. The van der Waals surface area contributed by atoms with E-state index in [1.54, 1.807) is 11.3 Å². The van der Waals surface area contributed by atoms with Crippen LogP contribution in [-0.4, -0.2) is 17.3 Å². The van der Waals surface area contributed by atoms with Gasteiger partial charge in [0.1, 0.15) is 5.82 Å². The maximum absolute atomic E-state index is 13.2. The maximum Gasteiger partial charge on any atom is 0.123 e. The molecule has 0 unspecified atom stereocenters. The van der Waals surface area contributed by atoms with Crippen LogP contribution in [0.25, 0.3) is 10.4 Å². The molecule has 1 N–H and O–H groups in total. The van der Waals surface area contributed by atoms with Gasteiger partial charge in [0.05, 0.1) is 18.3 Å². The Morgan fingerprint density at radius 3 is 2.61 bits per heavy atom. The molecule has 0 spiro atoms. The SMILES string of the molecule is Cc1ccc([C@H]2CC[C@H](O)[C@@H](C)O2)cc1Cc1ccc(-c2ccc(F)cc2)s1. The summed E-state index contributed by atoms with van der Waals surface area (Å²) in [5.74, 6) is -0.209. The molecule has 1 aliphatic heterocycles. The van der Waals surface area contributed by atoms with Crippen molar-refractivity contribution in [3.63, 3.8) is 0 Å². The summed E-state index contributed by atoms with van der Waals surface area (Å²) in [6, 6.07) is 17.5. The Kier molecular flexibility index (Phi) is 5.63. The van der Waals surface area contributed by atoms with Gasteiger partial charge < -0.3 is 9.84 Å². The summed E-state index contributed by atoms with van der Waals surface area (Å²) >= 11 is 1.75. The number of hydrogen-bond acceptors (Lipinski definition) is 3. The van der Waals surface area contributed by atoms with Gasteiger partial charge in [-0.25, -0.2) is 4.39 Å². The number of aliphatic hydroxyl groups is 1. The van der Waals surface area contributed by atoms with Crippen molar-refractivity contribution in [3.8, 4) is 10.4 Å². The standard InChI is InChI=1S/C24H25FO2S/c1-15-3-4-18(23-11-10-22(26)16(2)27-23)13-19(15)14-21-9-12-24(28-21)17-5-7-20(25)8-6-17/h3-9,12-13,16,22-23,26H,10-11,14H2,1-2H3/t16-,22+,23-/m1/s1. The molecule has 4 heteroatoms. The molecule has 1 aromatic heterocycles. The van der Waals surface area contributed by atoms with Crippen LogP contribution >= 0.6 is 11.3 Å². The number of aliphatic hydroxyl groups excluding tert-OH is 1. The largest absolute Gasteiger partial charge is 0.390 e. The lowest BCUT2D eigenvalue weighted by molar-refractivity contribution is -0.110. The maximum atomic E-state index is 13.2. The second-order valence-corrected chi connectivity index (χ2v) is 8.78. The predicted octanol–water partition coefficient (Wildman–Crippen LogP) is 6.05. The monoisotopic (exact) mass is 396 g/mol. The number of rotatable bonds is 4. The van der Waals surface area contributed by atoms with Crippen LogP contribution in [0.2, 0.25) is 0 Å². The minimum absolute atomic E-state index is 0.0517. The highest BCUT2D eigenvalue weighted by atomic mass is 32.1. The third kappa shape index (κ3) is 4.19. The van der Waals surface area contributed by atoms with Crippen LogP contribution in [0.1, 0.15) is 47.4 Å². The van der Waals surface area contributed by atoms with Gasteiger partial charge in [-0.05, 0) is 73.2 Å². The van der Waals surface area contributed by atoms with E-state index in [1.165, 1.54) is 33.7 Å². The molecule has 0 bridgehead atoms. The molecule has 146 valence electrons. The van der Waals surface area contributed by atoms with Gasteiger partial charge in [0, 0.05) is 16.2 Å². The van der Waals surface area contributed by atoms with Crippen LogP contribution in [0.15, 0.2) is 54.6 Å². The quantitative estimate of drug-likeness (QED) is 0.581. The Balaban J connectivity index is 1.53. The molecule has 3 aromatic rings. The van der Waals surface area contributed by atoms with E-state index in [2.05, 4.69) is 37.3 Å². The molecular formula is C24H25FO2S. The Morgan fingerprint density at radius 1 is 1.07 bits per heavy atom. The van der Waals surface area contributed by atoms with E-state index in [-0.39, 0.29) is 24.1 Å². The Labute approximate surface area is 169 Å².